The van der Waals surface area contributed by atoms with Gasteiger partial charge in [0.15, 0.2) is 0 Å². The first-order valence-corrected chi connectivity index (χ1v) is 6.68. The minimum atomic E-state index is -1.04. The number of halogens is 1. The summed E-state index contributed by atoms with van der Waals surface area (Å²) in [5, 5.41) is 12.2. The Labute approximate surface area is 101 Å². The van der Waals surface area contributed by atoms with E-state index in [-0.39, 0.29) is 5.56 Å². The third-order valence-corrected chi connectivity index (χ3v) is 2.93. The average Bonchev–Trinajstić information content (AvgIpc) is 2.19. The van der Waals surface area contributed by atoms with Crippen LogP contribution >= 0.6 is 11.6 Å². The first kappa shape index (κ1) is 13.0. The normalized spacial score (nSPS) is 12.1. The van der Waals surface area contributed by atoms with Crippen molar-refractivity contribution in [2.45, 2.75) is 0 Å². The number of hydrogen-bond acceptors (Lipinski definition) is 3. The summed E-state index contributed by atoms with van der Waals surface area (Å²) in [4.78, 5) is 10.9. The van der Waals surface area contributed by atoms with Gasteiger partial charge in [-0.25, -0.2) is 4.79 Å². The molecule has 0 aliphatic carbocycles. The second-order valence-electron chi connectivity index (χ2n) is 3.20. The minimum Gasteiger partial charge on any atom is -0.478 e. The van der Waals surface area contributed by atoms with E-state index in [1.165, 1.54) is 6.07 Å². The molecule has 0 heterocycles. The van der Waals surface area contributed by atoms with Crippen molar-refractivity contribution >= 4 is 34.1 Å². The third kappa shape index (κ3) is 3.83. The number of aromatic carboxylic acids is 1. The van der Waals surface area contributed by atoms with E-state index in [4.69, 9.17) is 16.7 Å². The Morgan fingerprint density at radius 3 is 2.81 bits per heavy atom. The van der Waals surface area contributed by atoms with Gasteiger partial charge >= 0.3 is 5.97 Å². The SMILES string of the molecule is CS(=O)CCNc1ccc(Cl)cc1C(=O)O. The highest BCUT2D eigenvalue weighted by atomic mass is 35.5. The lowest BCUT2D eigenvalue weighted by molar-refractivity contribution is 0.0698. The second kappa shape index (κ2) is 5.86. The van der Waals surface area contributed by atoms with Gasteiger partial charge in [0.2, 0.25) is 0 Å². The summed E-state index contributed by atoms with van der Waals surface area (Å²) < 4.78 is 10.8. The Morgan fingerprint density at radius 2 is 2.25 bits per heavy atom. The molecule has 0 saturated carbocycles. The van der Waals surface area contributed by atoms with Crippen molar-refractivity contribution in [3.05, 3.63) is 28.8 Å². The molecule has 1 aromatic rings. The zero-order chi connectivity index (χ0) is 12.1. The van der Waals surface area contributed by atoms with Gasteiger partial charge in [0.05, 0.1) is 5.56 Å². The molecule has 16 heavy (non-hydrogen) atoms. The summed E-state index contributed by atoms with van der Waals surface area (Å²) in [5.41, 5.74) is 0.608. The predicted molar refractivity (Wildman–Crippen MR) is 65.8 cm³/mol. The molecule has 0 aliphatic heterocycles. The number of carboxylic acid groups (broad SMARTS) is 1. The quantitative estimate of drug-likeness (QED) is 0.849. The highest BCUT2D eigenvalue weighted by Gasteiger charge is 2.10. The Morgan fingerprint density at radius 1 is 1.56 bits per heavy atom. The maximum absolute atomic E-state index is 10.9. The lowest BCUT2D eigenvalue weighted by Gasteiger charge is -2.08. The molecule has 6 heteroatoms. The van der Waals surface area contributed by atoms with E-state index in [0.29, 0.717) is 23.0 Å². The molecule has 0 aliphatic rings. The Balaban J connectivity index is 2.78. The number of benzene rings is 1. The van der Waals surface area contributed by atoms with Crippen molar-refractivity contribution in [2.24, 2.45) is 0 Å². The number of carbonyl (C=O) groups is 1. The minimum absolute atomic E-state index is 0.120. The molecule has 0 aromatic heterocycles. The lowest BCUT2D eigenvalue weighted by atomic mass is 10.2. The fourth-order valence-electron chi connectivity index (χ4n) is 1.18. The Hall–Kier alpha value is -1.07. The molecule has 88 valence electrons. The van der Waals surface area contributed by atoms with Gasteiger partial charge in [-0.05, 0) is 18.2 Å². The van der Waals surface area contributed by atoms with Crippen LogP contribution in [0.4, 0.5) is 5.69 Å². The first-order valence-electron chi connectivity index (χ1n) is 4.57. The van der Waals surface area contributed by atoms with Crippen molar-refractivity contribution < 1.29 is 14.1 Å². The van der Waals surface area contributed by atoms with Crippen molar-refractivity contribution in [3.8, 4) is 0 Å². The molecule has 0 spiro atoms. The van der Waals surface area contributed by atoms with Gasteiger partial charge in [0, 0.05) is 40.1 Å². The van der Waals surface area contributed by atoms with Crippen LogP contribution in [-0.2, 0) is 10.8 Å². The van der Waals surface area contributed by atoms with E-state index in [1.54, 1.807) is 18.4 Å². The van der Waals surface area contributed by atoms with Crippen LogP contribution in [0.15, 0.2) is 18.2 Å². The van der Waals surface area contributed by atoms with Crippen LogP contribution in [0.2, 0.25) is 5.02 Å². The average molecular weight is 262 g/mol. The van der Waals surface area contributed by atoms with Crippen LogP contribution in [-0.4, -0.2) is 33.8 Å². The van der Waals surface area contributed by atoms with E-state index in [2.05, 4.69) is 5.32 Å². The molecular weight excluding hydrogens is 250 g/mol. The van der Waals surface area contributed by atoms with Crippen LogP contribution in [0, 0.1) is 0 Å². The summed E-state index contributed by atoms with van der Waals surface area (Å²) in [5.74, 6) is -0.565. The molecule has 1 rings (SSSR count). The zero-order valence-electron chi connectivity index (χ0n) is 8.70. The maximum Gasteiger partial charge on any atom is 0.337 e. The summed E-state index contributed by atoms with van der Waals surface area (Å²) in [6, 6.07) is 4.60. The number of rotatable bonds is 5. The van der Waals surface area contributed by atoms with Crippen LogP contribution in [0.3, 0.4) is 0 Å². The van der Waals surface area contributed by atoms with Crippen LogP contribution in [0.25, 0.3) is 0 Å². The van der Waals surface area contributed by atoms with Gasteiger partial charge in [-0.15, -0.1) is 0 Å². The fraction of sp³-hybridized carbons (Fsp3) is 0.300. The van der Waals surface area contributed by atoms with Crippen molar-refractivity contribution in [1.82, 2.24) is 0 Å². The molecule has 2 N–H and O–H groups in total. The van der Waals surface area contributed by atoms with Gasteiger partial charge in [-0.1, -0.05) is 11.6 Å². The van der Waals surface area contributed by atoms with Crippen LogP contribution < -0.4 is 5.32 Å². The molecule has 1 unspecified atom stereocenters. The Kier molecular flexibility index (Phi) is 4.76. The number of carboxylic acids is 1. The molecular formula is C10H12ClNO3S. The summed E-state index contributed by atoms with van der Waals surface area (Å²) >= 11 is 5.71. The van der Waals surface area contributed by atoms with Crippen molar-refractivity contribution in [3.63, 3.8) is 0 Å². The Bertz CT molecular complexity index is 423. The topological polar surface area (TPSA) is 66.4 Å². The van der Waals surface area contributed by atoms with Crippen molar-refractivity contribution in [2.75, 3.05) is 23.9 Å². The smallest absolute Gasteiger partial charge is 0.337 e. The lowest BCUT2D eigenvalue weighted by Crippen LogP contribution is -2.12. The number of hydrogen-bond donors (Lipinski definition) is 2. The molecule has 1 atom stereocenters. The largest absolute Gasteiger partial charge is 0.478 e. The molecule has 4 nitrogen and oxygen atoms in total. The molecule has 0 bridgehead atoms. The maximum atomic E-state index is 10.9. The van der Waals surface area contributed by atoms with Gasteiger partial charge in [-0.2, -0.15) is 0 Å². The van der Waals surface area contributed by atoms with Gasteiger partial charge in [0.25, 0.3) is 0 Å². The zero-order valence-corrected chi connectivity index (χ0v) is 10.3. The second-order valence-corrected chi connectivity index (χ2v) is 5.19. The molecule has 0 saturated heterocycles. The molecule has 0 radical (unpaired) electrons. The number of anilines is 1. The third-order valence-electron chi connectivity index (χ3n) is 1.92. The van der Waals surface area contributed by atoms with Gasteiger partial charge in [-0.3, -0.25) is 4.21 Å². The summed E-state index contributed by atoms with van der Waals surface area (Å²) in [6.45, 7) is 0.463. The summed E-state index contributed by atoms with van der Waals surface area (Å²) in [7, 11) is -0.897. The number of nitrogens with one attached hydrogen (secondary N) is 1. The van der Waals surface area contributed by atoms with Crippen molar-refractivity contribution in [1.29, 1.82) is 0 Å². The standard InChI is InChI=1S/C10H12ClNO3S/c1-16(15)5-4-12-9-3-2-7(11)6-8(9)10(13)14/h2-3,6,12H,4-5H2,1H3,(H,13,14). The van der Waals surface area contributed by atoms with E-state index in [9.17, 15) is 9.00 Å². The van der Waals surface area contributed by atoms with Crippen LogP contribution in [0.1, 0.15) is 10.4 Å². The molecule has 1 aromatic carbocycles. The summed E-state index contributed by atoms with van der Waals surface area (Å²) in [6.07, 6.45) is 1.60. The predicted octanol–water partition coefficient (Wildman–Crippen LogP) is 1.83. The van der Waals surface area contributed by atoms with Gasteiger partial charge in [0.1, 0.15) is 0 Å². The fourth-order valence-corrected chi connectivity index (χ4v) is 1.74. The van der Waals surface area contributed by atoms with E-state index >= 15 is 0 Å². The van der Waals surface area contributed by atoms with E-state index in [1.807, 2.05) is 0 Å². The highest BCUT2D eigenvalue weighted by molar-refractivity contribution is 7.84. The van der Waals surface area contributed by atoms with E-state index < -0.39 is 16.8 Å². The van der Waals surface area contributed by atoms with Gasteiger partial charge < -0.3 is 10.4 Å². The van der Waals surface area contributed by atoms with E-state index in [0.717, 1.165) is 0 Å². The molecule has 0 fully saturated rings. The van der Waals surface area contributed by atoms with Crippen LogP contribution in [0.5, 0.6) is 0 Å². The molecule has 0 amide bonds. The first-order chi connectivity index (χ1) is 7.50. The highest BCUT2D eigenvalue weighted by Crippen LogP contribution is 2.20. The monoisotopic (exact) mass is 261 g/mol.